The van der Waals surface area contributed by atoms with Gasteiger partial charge in [-0.3, -0.25) is 10.1 Å². The van der Waals surface area contributed by atoms with Crippen LogP contribution in [0.15, 0.2) is 47.8 Å². The lowest BCUT2D eigenvalue weighted by molar-refractivity contribution is 0.102. The second-order valence-electron chi connectivity index (χ2n) is 8.35. The van der Waals surface area contributed by atoms with Gasteiger partial charge in [0.15, 0.2) is 5.13 Å². The number of benzene rings is 2. The summed E-state index contributed by atoms with van der Waals surface area (Å²) in [6.07, 6.45) is 3.63. The highest BCUT2D eigenvalue weighted by Crippen LogP contribution is 2.26. The molecule has 1 amide bonds. The molecule has 0 atom stereocenters. The first-order chi connectivity index (χ1) is 16.0. The summed E-state index contributed by atoms with van der Waals surface area (Å²) in [4.78, 5) is 17.4. The summed E-state index contributed by atoms with van der Waals surface area (Å²) in [5, 5.41) is 8.81. The minimum absolute atomic E-state index is 0.0443. The second kappa shape index (κ2) is 10.8. The Morgan fingerprint density at radius 2 is 2.00 bits per heavy atom. The van der Waals surface area contributed by atoms with E-state index in [0.29, 0.717) is 40.3 Å². The van der Waals surface area contributed by atoms with Crippen LogP contribution in [0.5, 0.6) is 11.5 Å². The van der Waals surface area contributed by atoms with Crippen LogP contribution in [0.3, 0.4) is 0 Å². The maximum atomic E-state index is 13.9. The molecule has 0 saturated heterocycles. The van der Waals surface area contributed by atoms with Crippen LogP contribution < -0.4 is 20.1 Å². The van der Waals surface area contributed by atoms with E-state index in [4.69, 9.17) is 9.47 Å². The van der Waals surface area contributed by atoms with E-state index in [-0.39, 0.29) is 24.4 Å². The lowest BCUT2D eigenvalue weighted by Crippen LogP contribution is -2.34. The van der Waals surface area contributed by atoms with E-state index in [1.165, 1.54) is 36.7 Å². The average molecular weight is 470 g/mol. The molecule has 1 aliphatic carbocycles. The number of ether oxygens (including phenoxy) is 2. The largest absolute Gasteiger partial charge is 0.491 e. The Balaban J connectivity index is 1.44. The van der Waals surface area contributed by atoms with Gasteiger partial charge < -0.3 is 14.8 Å². The summed E-state index contributed by atoms with van der Waals surface area (Å²) in [7, 11) is 0. The highest BCUT2D eigenvalue weighted by atomic mass is 32.1. The number of anilines is 1. The minimum Gasteiger partial charge on any atom is -0.491 e. The molecule has 0 spiro atoms. The zero-order chi connectivity index (χ0) is 23.2. The predicted octanol–water partition coefficient (Wildman–Crippen LogP) is 5.54. The molecule has 0 aliphatic heterocycles. The Hall–Kier alpha value is -2.97. The topological polar surface area (TPSA) is 72.5 Å². The minimum atomic E-state index is -0.337. The first-order valence-corrected chi connectivity index (χ1v) is 12.0. The van der Waals surface area contributed by atoms with Gasteiger partial charge in [0.25, 0.3) is 5.91 Å². The third kappa shape index (κ3) is 6.52. The molecule has 0 bridgehead atoms. The number of halogens is 1. The van der Waals surface area contributed by atoms with E-state index in [2.05, 4.69) is 15.6 Å². The third-order valence-corrected chi connectivity index (χ3v) is 6.12. The molecule has 3 aromatic rings. The fourth-order valence-electron chi connectivity index (χ4n) is 3.38. The van der Waals surface area contributed by atoms with E-state index in [1.807, 2.05) is 19.2 Å². The van der Waals surface area contributed by atoms with Gasteiger partial charge in [0.05, 0.1) is 11.8 Å². The maximum absolute atomic E-state index is 13.9. The molecule has 1 aromatic heterocycles. The van der Waals surface area contributed by atoms with Crippen molar-refractivity contribution in [1.29, 1.82) is 0 Å². The molecule has 1 saturated carbocycles. The Labute approximate surface area is 197 Å². The molecular weight excluding hydrogens is 441 g/mol. The van der Waals surface area contributed by atoms with E-state index >= 15 is 0 Å². The Bertz CT molecular complexity index is 1100. The Kier molecular flexibility index (Phi) is 7.57. The van der Waals surface area contributed by atoms with Gasteiger partial charge in [0, 0.05) is 35.2 Å². The zero-order valence-corrected chi connectivity index (χ0v) is 19.6. The first-order valence-electron chi connectivity index (χ1n) is 11.1. The second-order valence-corrected chi connectivity index (χ2v) is 9.20. The standard InChI is InChI=1S/C25H28FN3O3S/c1-16(2)32-22-11-18(10-21(12-22)31-14-17-6-3-4-9-23(17)26)24(30)29-25-28-20(15-33-25)13-27-19-7-5-8-19/h3-4,6,9-12,15-16,19,27H,5,7-8,13-14H2,1-2H3,(H,28,29,30). The van der Waals surface area contributed by atoms with Gasteiger partial charge >= 0.3 is 0 Å². The van der Waals surface area contributed by atoms with E-state index in [0.717, 1.165) is 5.69 Å². The lowest BCUT2D eigenvalue weighted by Gasteiger charge is -2.26. The number of carbonyl (C=O) groups is 1. The van der Waals surface area contributed by atoms with Gasteiger partial charge in [0.1, 0.15) is 23.9 Å². The Morgan fingerprint density at radius 1 is 1.21 bits per heavy atom. The number of carbonyl (C=O) groups excluding carboxylic acids is 1. The summed E-state index contributed by atoms with van der Waals surface area (Å²) in [6.45, 7) is 4.55. The molecular formula is C25H28FN3O3S. The monoisotopic (exact) mass is 469 g/mol. The van der Waals surface area contributed by atoms with E-state index < -0.39 is 0 Å². The van der Waals surface area contributed by atoms with Crippen molar-refractivity contribution >= 4 is 22.4 Å². The highest BCUT2D eigenvalue weighted by molar-refractivity contribution is 7.14. The number of nitrogens with zero attached hydrogens (tertiary/aromatic N) is 1. The number of hydrogen-bond acceptors (Lipinski definition) is 6. The van der Waals surface area contributed by atoms with Crippen molar-refractivity contribution in [3.63, 3.8) is 0 Å². The van der Waals surface area contributed by atoms with Gasteiger partial charge in [-0.1, -0.05) is 24.6 Å². The van der Waals surface area contributed by atoms with Gasteiger partial charge in [0.2, 0.25) is 0 Å². The number of thiazole rings is 1. The smallest absolute Gasteiger partial charge is 0.257 e. The summed E-state index contributed by atoms with van der Waals surface area (Å²) in [5.74, 6) is 0.279. The van der Waals surface area contributed by atoms with Crippen molar-refractivity contribution in [3.05, 3.63) is 70.5 Å². The molecule has 1 aliphatic rings. The summed E-state index contributed by atoms with van der Waals surface area (Å²) in [5.41, 5.74) is 1.72. The van der Waals surface area contributed by atoms with Crippen molar-refractivity contribution in [3.8, 4) is 11.5 Å². The van der Waals surface area contributed by atoms with Crippen molar-refractivity contribution in [1.82, 2.24) is 10.3 Å². The number of aromatic nitrogens is 1. The number of hydrogen-bond donors (Lipinski definition) is 2. The molecule has 174 valence electrons. The Morgan fingerprint density at radius 3 is 2.73 bits per heavy atom. The van der Waals surface area contributed by atoms with Crippen LogP contribution in [0.2, 0.25) is 0 Å². The summed E-state index contributed by atoms with van der Waals surface area (Å²) >= 11 is 1.39. The molecule has 2 aromatic carbocycles. The molecule has 33 heavy (non-hydrogen) atoms. The molecule has 0 radical (unpaired) electrons. The third-order valence-electron chi connectivity index (χ3n) is 5.32. The van der Waals surface area contributed by atoms with Crippen LogP contribution in [0.25, 0.3) is 0 Å². The normalized spacial score (nSPS) is 13.6. The fourth-order valence-corrected chi connectivity index (χ4v) is 4.08. The molecule has 2 N–H and O–H groups in total. The predicted molar refractivity (Wildman–Crippen MR) is 127 cm³/mol. The van der Waals surface area contributed by atoms with Crippen LogP contribution in [-0.4, -0.2) is 23.0 Å². The van der Waals surface area contributed by atoms with Gasteiger partial charge in [-0.05, 0) is 44.9 Å². The van der Waals surface area contributed by atoms with Crippen LogP contribution in [-0.2, 0) is 13.2 Å². The quantitative estimate of drug-likeness (QED) is 0.408. The summed E-state index contributed by atoms with van der Waals surface area (Å²) in [6, 6.07) is 12.0. The molecule has 0 unspecified atom stereocenters. The fraction of sp³-hybridized carbons (Fsp3) is 0.360. The van der Waals surface area contributed by atoms with Crippen molar-refractivity contribution in [2.24, 2.45) is 0 Å². The molecule has 1 heterocycles. The van der Waals surface area contributed by atoms with Gasteiger partial charge in [-0.15, -0.1) is 11.3 Å². The molecule has 6 nitrogen and oxygen atoms in total. The number of amides is 1. The van der Waals surface area contributed by atoms with Crippen LogP contribution in [0.4, 0.5) is 9.52 Å². The average Bonchev–Trinajstić information content (AvgIpc) is 3.18. The zero-order valence-electron chi connectivity index (χ0n) is 18.8. The molecule has 8 heteroatoms. The van der Waals surface area contributed by atoms with Gasteiger partial charge in [-0.25, -0.2) is 9.37 Å². The van der Waals surface area contributed by atoms with Crippen LogP contribution in [0.1, 0.15) is 54.7 Å². The van der Waals surface area contributed by atoms with Crippen molar-refractivity contribution in [2.75, 3.05) is 5.32 Å². The van der Waals surface area contributed by atoms with E-state index in [9.17, 15) is 9.18 Å². The van der Waals surface area contributed by atoms with E-state index in [1.54, 1.807) is 36.4 Å². The first kappa shape index (κ1) is 23.2. The summed E-state index contributed by atoms with van der Waals surface area (Å²) < 4.78 is 25.5. The number of nitrogens with one attached hydrogen (secondary N) is 2. The molecule has 1 fully saturated rings. The van der Waals surface area contributed by atoms with Crippen LogP contribution >= 0.6 is 11.3 Å². The molecule has 4 rings (SSSR count). The SMILES string of the molecule is CC(C)Oc1cc(OCc2ccccc2F)cc(C(=O)Nc2nc(CNC3CCC3)cs2)c1. The maximum Gasteiger partial charge on any atom is 0.257 e. The lowest BCUT2D eigenvalue weighted by atomic mass is 9.93. The van der Waals surface area contributed by atoms with Crippen LogP contribution in [0, 0.1) is 5.82 Å². The van der Waals surface area contributed by atoms with Crippen molar-refractivity contribution in [2.45, 2.75) is 58.4 Å². The number of rotatable bonds is 10. The van der Waals surface area contributed by atoms with Gasteiger partial charge in [-0.2, -0.15) is 0 Å². The highest BCUT2D eigenvalue weighted by Gasteiger charge is 2.17. The van der Waals surface area contributed by atoms with Crippen molar-refractivity contribution < 1.29 is 18.7 Å².